The zero-order valence-electron chi connectivity index (χ0n) is 48.6. The second-order valence-corrected chi connectivity index (χ2v) is 23.0. The van der Waals surface area contributed by atoms with E-state index in [2.05, 4.69) is 46.9 Å². The first-order chi connectivity index (χ1) is 39.4. The molecule has 458 valence electrons. The topological polar surface area (TPSA) is 412 Å². The van der Waals surface area contributed by atoms with Gasteiger partial charge in [-0.1, -0.05) is 84.7 Å². The van der Waals surface area contributed by atoms with Gasteiger partial charge in [0.2, 0.25) is 53.2 Å². The minimum atomic E-state index is -1.71. The fourth-order valence-corrected chi connectivity index (χ4v) is 10.6. The fourth-order valence-electron chi connectivity index (χ4n) is 10.6. The lowest BCUT2D eigenvalue weighted by atomic mass is 9.85. The lowest BCUT2D eigenvalue weighted by Gasteiger charge is -2.34. The highest BCUT2D eigenvalue weighted by Gasteiger charge is 2.44. The van der Waals surface area contributed by atoms with E-state index in [1.165, 1.54) is 27.2 Å². The van der Waals surface area contributed by atoms with Crippen LogP contribution in [0, 0.1) is 11.3 Å². The van der Waals surface area contributed by atoms with E-state index in [0.29, 0.717) is 49.9 Å². The Hall–Kier alpha value is -7.68. The van der Waals surface area contributed by atoms with Gasteiger partial charge in [0.25, 0.3) is 0 Å². The molecule has 27 nitrogen and oxygen atoms in total. The summed E-state index contributed by atoms with van der Waals surface area (Å²) >= 11 is 0. The SMILES string of the molecule is CCCC[C@H](N)C(=O)N1CCC[C@H]1C(=O)N[C@H](C(=O)N[C@@H](Cc1cnc[nH]1)C(=O)N[C@@H](CO)C(=O)N[C@@H](CCCN=C(N)N)C(=O)N[C@H](C(=O)N1CCC[C@H]1C(=O)N[C@@H](Cc1ccccc1)C(=O)N1CCC[C@H]1C(=O)O)C(C)C)C(C)(C)C. The Bertz CT molecular complexity index is 2590. The van der Waals surface area contributed by atoms with Crippen LogP contribution in [-0.4, -0.2) is 193 Å². The highest BCUT2D eigenvalue weighted by molar-refractivity contribution is 5.99. The second-order valence-electron chi connectivity index (χ2n) is 23.0. The van der Waals surface area contributed by atoms with Crippen LogP contribution >= 0.6 is 0 Å². The largest absolute Gasteiger partial charge is 0.480 e. The van der Waals surface area contributed by atoms with E-state index in [1.807, 2.05) is 6.92 Å². The van der Waals surface area contributed by atoms with Crippen LogP contribution in [0.2, 0.25) is 0 Å². The Morgan fingerprint density at radius 1 is 0.687 bits per heavy atom. The number of likely N-dealkylation sites (tertiary alicyclic amines) is 3. The van der Waals surface area contributed by atoms with Crippen molar-refractivity contribution in [3.63, 3.8) is 0 Å². The summed E-state index contributed by atoms with van der Waals surface area (Å²) < 4.78 is 0. The minimum Gasteiger partial charge on any atom is -0.480 e. The molecule has 83 heavy (non-hydrogen) atoms. The summed E-state index contributed by atoms with van der Waals surface area (Å²) in [5.74, 6) is -8.27. The number of carboxylic acid groups (broad SMARTS) is 1. The summed E-state index contributed by atoms with van der Waals surface area (Å²) in [7, 11) is 0. The van der Waals surface area contributed by atoms with E-state index in [9.17, 15) is 58.2 Å². The Kier molecular flexibility index (Phi) is 24.8. The van der Waals surface area contributed by atoms with Crippen molar-refractivity contribution in [2.24, 2.45) is 33.5 Å². The minimum absolute atomic E-state index is 0.0248. The molecule has 9 amide bonds. The molecule has 5 rings (SSSR count). The maximum absolute atomic E-state index is 14.6. The van der Waals surface area contributed by atoms with Crippen LogP contribution in [0.3, 0.4) is 0 Å². The Balaban J connectivity index is 1.31. The Morgan fingerprint density at radius 3 is 1.80 bits per heavy atom. The molecule has 0 unspecified atom stereocenters. The number of aromatic amines is 1. The molecule has 4 heterocycles. The number of H-pyrrole nitrogens is 1. The standard InChI is InChI=1S/C56H87N15O12/c1-7-8-18-35(57)51(79)69-24-13-21-41(69)49(77)68-44(56(4,5)6)50(78)64-37(28-34-29-60-31-62-34)46(74)66-39(30-72)47(75)63-36(19-12-23-61-55(58)59)45(73)67-43(32(2)3)53(81)70-25-14-20-40(70)48(76)65-38(27-33-16-10-9-11-17-33)52(80)71-26-15-22-42(71)54(82)83/h9-11,16-17,29,31-32,35-44,72H,7-8,12-15,18-28,30,57H2,1-6H3,(H,60,62)(H,63,75)(H,64,78)(H,65,76)(H,66,74)(H,67,73)(H,68,77)(H,82,83)(H4,58,59,61)/t35-,36-,37-,38-,39-,40-,41-,42-,43-,44+/m0/s1. The quantitative estimate of drug-likeness (QED) is 0.0249. The second kappa shape index (κ2) is 31.1. The van der Waals surface area contributed by atoms with Gasteiger partial charge in [-0.3, -0.25) is 48.1 Å². The number of aromatic nitrogens is 2. The van der Waals surface area contributed by atoms with Crippen molar-refractivity contribution in [2.75, 3.05) is 32.8 Å². The summed E-state index contributed by atoms with van der Waals surface area (Å²) in [6.45, 7) is 10.2. The first-order valence-corrected chi connectivity index (χ1v) is 28.8. The summed E-state index contributed by atoms with van der Waals surface area (Å²) in [5, 5.41) is 36.6. The Morgan fingerprint density at radius 2 is 1.24 bits per heavy atom. The van der Waals surface area contributed by atoms with Crippen molar-refractivity contribution >= 4 is 65.1 Å². The molecule has 3 saturated heterocycles. The highest BCUT2D eigenvalue weighted by Crippen LogP contribution is 2.26. The van der Waals surface area contributed by atoms with Gasteiger partial charge in [0, 0.05) is 50.9 Å². The number of hydrogen-bond donors (Lipinski definition) is 12. The molecule has 2 aromatic rings. The van der Waals surface area contributed by atoms with Crippen molar-refractivity contribution in [3.8, 4) is 0 Å². The summed E-state index contributed by atoms with van der Waals surface area (Å²) in [5.41, 5.74) is 17.5. The van der Waals surface area contributed by atoms with Crippen LogP contribution in [0.1, 0.15) is 123 Å². The number of imidazole rings is 1. The number of nitrogens with zero attached hydrogens (tertiary/aromatic N) is 5. The van der Waals surface area contributed by atoms with Gasteiger partial charge in [-0.15, -0.1) is 0 Å². The molecule has 0 bridgehead atoms. The van der Waals surface area contributed by atoms with Gasteiger partial charge in [0.1, 0.15) is 54.4 Å². The molecule has 3 aliphatic heterocycles. The average molecular weight is 1160 g/mol. The van der Waals surface area contributed by atoms with Crippen molar-refractivity contribution in [2.45, 2.75) is 185 Å². The van der Waals surface area contributed by atoms with Gasteiger partial charge in [-0.2, -0.15) is 0 Å². The lowest BCUT2D eigenvalue weighted by molar-refractivity contribution is -0.150. The molecular formula is C56H87N15O12. The number of carbonyl (C=O) groups excluding carboxylic acids is 9. The predicted octanol–water partition coefficient (Wildman–Crippen LogP) is -1.57. The third-order valence-corrected chi connectivity index (χ3v) is 15.2. The van der Waals surface area contributed by atoms with Gasteiger partial charge >= 0.3 is 5.97 Å². The van der Waals surface area contributed by atoms with Crippen molar-refractivity contribution < 1.29 is 58.2 Å². The van der Waals surface area contributed by atoms with Crippen LogP contribution in [-0.2, 0) is 60.8 Å². The van der Waals surface area contributed by atoms with E-state index in [0.717, 1.165) is 12.8 Å². The molecule has 27 heteroatoms. The maximum Gasteiger partial charge on any atom is 0.326 e. The number of aliphatic hydroxyl groups excluding tert-OH is 1. The summed E-state index contributed by atoms with van der Waals surface area (Å²) in [4.78, 5) is 154. The number of aliphatic imine (C=N–C) groups is 1. The van der Waals surface area contributed by atoms with Gasteiger partial charge in [0.15, 0.2) is 5.96 Å². The number of unbranched alkanes of at least 4 members (excludes halogenated alkanes) is 1. The average Bonchev–Trinajstić information content (AvgIpc) is 4.45. The van der Waals surface area contributed by atoms with E-state index in [1.54, 1.807) is 65.0 Å². The number of aliphatic carboxylic acids is 1. The number of benzene rings is 1. The van der Waals surface area contributed by atoms with E-state index < -0.39 is 132 Å². The van der Waals surface area contributed by atoms with Crippen LogP contribution in [0.15, 0.2) is 47.8 Å². The van der Waals surface area contributed by atoms with Crippen molar-refractivity contribution in [1.82, 2.24) is 56.6 Å². The molecule has 3 aliphatic rings. The molecule has 1 aromatic carbocycles. The number of carbonyl (C=O) groups is 10. The zero-order chi connectivity index (χ0) is 61.1. The number of hydrogen-bond acceptors (Lipinski definition) is 14. The Labute approximate surface area is 484 Å². The lowest BCUT2D eigenvalue weighted by Crippen LogP contribution is -2.62. The van der Waals surface area contributed by atoms with Gasteiger partial charge in [-0.25, -0.2) is 9.78 Å². The number of guanidine groups is 1. The number of nitrogens with two attached hydrogens (primary N) is 3. The molecular weight excluding hydrogens is 1070 g/mol. The van der Waals surface area contributed by atoms with Gasteiger partial charge in [-0.05, 0) is 74.7 Å². The normalized spacial score (nSPS) is 19.5. The van der Waals surface area contributed by atoms with Gasteiger partial charge in [0.05, 0.1) is 19.0 Å². The monoisotopic (exact) mass is 1160 g/mol. The molecule has 15 N–H and O–H groups in total. The molecule has 0 radical (unpaired) electrons. The fraction of sp³-hybridized carbons (Fsp3) is 0.643. The van der Waals surface area contributed by atoms with Crippen molar-refractivity contribution in [1.29, 1.82) is 0 Å². The number of amides is 9. The van der Waals surface area contributed by atoms with E-state index in [4.69, 9.17) is 17.2 Å². The molecule has 0 spiro atoms. The molecule has 0 aliphatic carbocycles. The van der Waals surface area contributed by atoms with Gasteiger partial charge < -0.3 is 79.0 Å². The van der Waals surface area contributed by atoms with Crippen LogP contribution in [0.5, 0.6) is 0 Å². The number of carboxylic acids is 1. The summed E-state index contributed by atoms with van der Waals surface area (Å²) in [6, 6.07) is -3.12. The zero-order valence-corrected chi connectivity index (χ0v) is 48.6. The van der Waals surface area contributed by atoms with E-state index in [-0.39, 0.29) is 70.0 Å². The molecule has 10 atom stereocenters. The number of rotatable bonds is 29. The predicted molar refractivity (Wildman–Crippen MR) is 305 cm³/mol. The first kappa shape index (κ1) is 66.1. The van der Waals surface area contributed by atoms with E-state index >= 15 is 0 Å². The maximum atomic E-state index is 14.6. The number of nitrogens with one attached hydrogen (secondary N) is 7. The van der Waals surface area contributed by atoms with Crippen LogP contribution in [0.25, 0.3) is 0 Å². The third kappa shape index (κ3) is 18.7. The summed E-state index contributed by atoms with van der Waals surface area (Å²) in [6.07, 6.45) is 6.95. The van der Waals surface area contributed by atoms with Crippen LogP contribution < -0.4 is 49.1 Å². The number of aliphatic hydroxyl groups is 1. The molecule has 3 fully saturated rings. The highest BCUT2D eigenvalue weighted by atomic mass is 16.4. The molecule has 1 aromatic heterocycles. The van der Waals surface area contributed by atoms with Crippen LogP contribution in [0.4, 0.5) is 0 Å². The molecule has 0 saturated carbocycles. The smallest absolute Gasteiger partial charge is 0.326 e. The first-order valence-electron chi connectivity index (χ1n) is 28.8. The van der Waals surface area contributed by atoms with Crippen molar-refractivity contribution in [3.05, 3.63) is 54.1 Å². The third-order valence-electron chi connectivity index (χ3n) is 15.2.